The maximum atomic E-state index is 12.2. The number of hydrogen-bond donors (Lipinski definition) is 0. The van der Waals surface area contributed by atoms with Crippen LogP contribution in [0.5, 0.6) is 0 Å². The Morgan fingerprint density at radius 3 is 2.81 bits per heavy atom. The first-order valence-electron chi connectivity index (χ1n) is 4.82. The van der Waals surface area contributed by atoms with Gasteiger partial charge in [0.05, 0.1) is 4.88 Å². The Labute approximate surface area is 105 Å². The van der Waals surface area contributed by atoms with Gasteiger partial charge >= 0.3 is 0 Å². The lowest BCUT2D eigenvalue weighted by atomic mass is 10.2. The van der Waals surface area contributed by atoms with Gasteiger partial charge in [0.1, 0.15) is 5.69 Å². The van der Waals surface area contributed by atoms with E-state index >= 15 is 0 Å². The van der Waals surface area contributed by atoms with Crippen molar-refractivity contribution in [3.63, 3.8) is 0 Å². The number of hydrogen-bond acceptors (Lipinski definition) is 4. The summed E-state index contributed by atoms with van der Waals surface area (Å²) >= 11 is 4.75. The Morgan fingerprint density at radius 1 is 1.56 bits per heavy atom. The summed E-state index contributed by atoms with van der Waals surface area (Å²) in [6.07, 6.45) is 0.947. The molecule has 0 saturated carbocycles. The molecular formula is C10H10BrN3OS. The van der Waals surface area contributed by atoms with Crippen molar-refractivity contribution in [2.45, 2.75) is 13.3 Å². The summed E-state index contributed by atoms with van der Waals surface area (Å²) in [4.78, 5) is 14.1. The van der Waals surface area contributed by atoms with Crippen molar-refractivity contribution in [3.05, 3.63) is 32.2 Å². The Bertz CT molecular complexity index is 512. The molecule has 16 heavy (non-hydrogen) atoms. The minimum Gasteiger partial charge on any atom is -0.286 e. The van der Waals surface area contributed by atoms with Crippen LogP contribution in [0.2, 0.25) is 0 Å². The largest absolute Gasteiger partial charge is 0.286 e. The van der Waals surface area contributed by atoms with E-state index in [1.807, 2.05) is 12.1 Å². The summed E-state index contributed by atoms with van der Waals surface area (Å²) in [5, 5.41) is 7.60. The van der Waals surface area contributed by atoms with Gasteiger partial charge < -0.3 is 0 Å². The average molecular weight is 300 g/mol. The van der Waals surface area contributed by atoms with Crippen molar-refractivity contribution in [1.82, 2.24) is 15.0 Å². The molecule has 2 aromatic rings. The fraction of sp³-hybridized carbons (Fsp3) is 0.300. The van der Waals surface area contributed by atoms with Crippen LogP contribution in [0.4, 0.5) is 0 Å². The molecule has 0 bridgehead atoms. The van der Waals surface area contributed by atoms with Crippen LogP contribution in [0.15, 0.2) is 16.7 Å². The molecule has 0 aliphatic rings. The topological polar surface area (TPSA) is 47.8 Å². The van der Waals surface area contributed by atoms with E-state index in [-0.39, 0.29) is 5.78 Å². The Balaban J connectivity index is 2.39. The highest BCUT2D eigenvalue weighted by Gasteiger charge is 2.19. The van der Waals surface area contributed by atoms with Gasteiger partial charge in [0, 0.05) is 11.9 Å². The predicted molar refractivity (Wildman–Crippen MR) is 65.8 cm³/mol. The highest BCUT2D eigenvalue weighted by atomic mass is 79.9. The summed E-state index contributed by atoms with van der Waals surface area (Å²) in [6, 6.07) is 3.83. The molecule has 0 atom stereocenters. The zero-order valence-corrected chi connectivity index (χ0v) is 11.3. The van der Waals surface area contributed by atoms with E-state index in [0.717, 1.165) is 11.3 Å². The number of carbonyl (C=O) groups excluding carboxylic acids is 1. The number of halogens is 1. The summed E-state index contributed by atoms with van der Waals surface area (Å²) in [5.74, 6) is -0.0379. The number of aryl methyl sites for hydroxylation is 2. The van der Waals surface area contributed by atoms with Gasteiger partial charge in [0.2, 0.25) is 5.78 Å². The first-order chi connectivity index (χ1) is 7.63. The Hall–Kier alpha value is -1.01. The molecule has 0 unspecified atom stereocenters. The molecular weight excluding hydrogens is 290 g/mol. The molecule has 0 spiro atoms. The third-order valence-electron chi connectivity index (χ3n) is 2.23. The van der Waals surface area contributed by atoms with Crippen molar-refractivity contribution in [1.29, 1.82) is 0 Å². The molecule has 0 aliphatic carbocycles. The molecule has 6 heteroatoms. The van der Waals surface area contributed by atoms with Crippen molar-refractivity contribution in [3.8, 4) is 0 Å². The molecule has 0 N–H and O–H groups in total. The number of rotatable bonds is 3. The molecule has 0 aliphatic heterocycles. The molecule has 0 aromatic carbocycles. The number of nitrogens with zero attached hydrogens (tertiary/aromatic N) is 3. The predicted octanol–water partition coefficient (Wildman–Crippen LogP) is 2.43. The zero-order valence-electron chi connectivity index (χ0n) is 8.90. The second-order valence-corrected chi connectivity index (χ2v) is 5.22. The van der Waals surface area contributed by atoms with E-state index in [4.69, 9.17) is 0 Å². The zero-order chi connectivity index (χ0) is 11.7. The van der Waals surface area contributed by atoms with Gasteiger partial charge in [0.15, 0.2) is 4.60 Å². The van der Waals surface area contributed by atoms with Crippen LogP contribution in [-0.4, -0.2) is 20.8 Å². The summed E-state index contributed by atoms with van der Waals surface area (Å²) in [7, 11) is 1.71. The fourth-order valence-corrected chi connectivity index (χ4v) is 2.78. The Morgan fingerprint density at radius 2 is 2.31 bits per heavy atom. The second kappa shape index (κ2) is 4.47. The van der Waals surface area contributed by atoms with Crippen LogP contribution in [0, 0.1) is 0 Å². The monoisotopic (exact) mass is 299 g/mol. The van der Waals surface area contributed by atoms with Gasteiger partial charge in [-0.05, 0) is 34.5 Å². The fourth-order valence-electron chi connectivity index (χ4n) is 1.38. The highest BCUT2D eigenvalue weighted by Crippen LogP contribution is 2.22. The lowest BCUT2D eigenvalue weighted by Crippen LogP contribution is -2.07. The van der Waals surface area contributed by atoms with Crippen molar-refractivity contribution in [2.24, 2.45) is 7.05 Å². The van der Waals surface area contributed by atoms with E-state index in [9.17, 15) is 4.79 Å². The summed E-state index contributed by atoms with van der Waals surface area (Å²) < 4.78 is 1.98. The van der Waals surface area contributed by atoms with E-state index < -0.39 is 0 Å². The first-order valence-corrected chi connectivity index (χ1v) is 6.43. The third-order valence-corrected chi connectivity index (χ3v) is 4.00. The lowest BCUT2D eigenvalue weighted by Gasteiger charge is -1.97. The van der Waals surface area contributed by atoms with Gasteiger partial charge in [-0.25, -0.2) is 4.68 Å². The third kappa shape index (κ3) is 1.94. The molecule has 2 rings (SSSR count). The van der Waals surface area contributed by atoms with Crippen LogP contribution >= 0.6 is 27.3 Å². The van der Waals surface area contributed by atoms with E-state index in [1.54, 1.807) is 7.05 Å². The van der Waals surface area contributed by atoms with Gasteiger partial charge in [-0.2, -0.15) is 0 Å². The lowest BCUT2D eigenvalue weighted by molar-refractivity contribution is 0.103. The minimum absolute atomic E-state index is 0.0379. The van der Waals surface area contributed by atoms with Gasteiger partial charge in [0.25, 0.3) is 0 Å². The molecule has 0 fully saturated rings. The van der Waals surface area contributed by atoms with Crippen molar-refractivity contribution >= 4 is 33.0 Å². The van der Waals surface area contributed by atoms with Gasteiger partial charge in [-0.3, -0.25) is 4.79 Å². The van der Waals surface area contributed by atoms with E-state index in [0.29, 0.717) is 10.3 Å². The SMILES string of the molecule is CCc1ccc(C(=O)c2c(Br)nnn2C)s1. The van der Waals surface area contributed by atoms with Crippen LogP contribution in [-0.2, 0) is 13.5 Å². The van der Waals surface area contributed by atoms with Crippen LogP contribution < -0.4 is 0 Å². The number of aromatic nitrogens is 3. The smallest absolute Gasteiger partial charge is 0.223 e. The quantitative estimate of drug-likeness (QED) is 0.818. The molecule has 0 radical (unpaired) electrons. The number of carbonyl (C=O) groups is 1. The molecule has 2 aromatic heterocycles. The standard InChI is InChI=1S/C10H10BrN3OS/c1-3-6-4-5-7(16-6)9(15)8-10(11)12-13-14(8)2/h4-5H,3H2,1-2H3. The molecule has 0 saturated heterocycles. The van der Waals surface area contributed by atoms with Crippen LogP contribution in [0.1, 0.15) is 27.2 Å². The summed E-state index contributed by atoms with van der Waals surface area (Å²) in [5.41, 5.74) is 0.490. The molecule has 84 valence electrons. The van der Waals surface area contributed by atoms with Crippen molar-refractivity contribution in [2.75, 3.05) is 0 Å². The maximum absolute atomic E-state index is 12.2. The Kier molecular flexibility index (Phi) is 3.20. The average Bonchev–Trinajstić information content (AvgIpc) is 2.85. The minimum atomic E-state index is -0.0379. The molecule has 4 nitrogen and oxygen atoms in total. The molecule has 0 amide bonds. The summed E-state index contributed by atoms with van der Waals surface area (Å²) in [6.45, 7) is 2.07. The second-order valence-electron chi connectivity index (χ2n) is 3.30. The van der Waals surface area contributed by atoms with Gasteiger partial charge in [-0.1, -0.05) is 12.1 Å². The van der Waals surface area contributed by atoms with Crippen LogP contribution in [0.25, 0.3) is 0 Å². The normalized spacial score (nSPS) is 10.7. The van der Waals surface area contributed by atoms with Crippen LogP contribution in [0.3, 0.4) is 0 Å². The molecule has 2 heterocycles. The van der Waals surface area contributed by atoms with Crippen molar-refractivity contribution < 1.29 is 4.79 Å². The van der Waals surface area contributed by atoms with E-state index in [1.165, 1.54) is 20.9 Å². The highest BCUT2D eigenvalue weighted by molar-refractivity contribution is 9.10. The first kappa shape index (κ1) is 11.5. The number of thiophene rings is 1. The maximum Gasteiger partial charge on any atom is 0.223 e. The van der Waals surface area contributed by atoms with E-state index in [2.05, 4.69) is 33.2 Å². The number of ketones is 1. The van der Waals surface area contributed by atoms with Gasteiger partial charge in [-0.15, -0.1) is 16.4 Å².